The lowest BCUT2D eigenvalue weighted by Crippen LogP contribution is -2.58. The van der Waals surface area contributed by atoms with Crippen molar-refractivity contribution in [2.45, 2.75) is 50.5 Å². The first-order valence-corrected chi connectivity index (χ1v) is 9.73. The van der Waals surface area contributed by atoms with Crippen molar-refractivity contribution in [3.63, 3.8) is 0 Å². The predicted molar refractivity (Wildman–Crippen MR) is 98.7 cm³/mol. The Labute approximate surface area is 167 Å². The fraction of sp³-hybridized carbons (Fsp3) is 0.684. The fourth-order valence-electron chi connectivity index (χ4n) is 4.43. The number of carbonyl (C=O) groups excluding carboxylic acids is 2. The molecule has 0 aromatic rings. The number of hydrogen-bond acceptors (Lipinski definition) is 6. The SMILES string of the molecule is CC1=C(CC(=O)NCC2C(F)CC(C#N)C[N+]2=O)C(=O)NC2CCNC(C#N)C12. The van der Waals surface area contributed by atoms with E-state index in [0.717, 1.165) is 0 Å². The van der Waals surface area contributed by atoms with Crippen LogP contribution in [0.5, 0.6) is 0 Å². The van der Waals surface area contributed by atoms with Crippen LogP contribution in [0.3, 0.4) is 0 Å². The van der Waals surface area contributed by atoms with E-state index in [1.807, 2.05) is 6.07 Å². The average molecular weight is 403 g/mol. The van der Waals surface area contributed by atoms with Gasteiger partial charge < -0.3 is 16.0 Å². The van der Waals surface area contributed by atoms with Crippen molar-refractivity contribution in [3.8, 4) is 12.1 Å². The van der Waals surface area contributed by atoms with Crippen LogP contribution in [0, 0.1) is 39.4 Å². The van der Waals surface area contributed by atoms with E-state index in [1.54, 1.807) is 6.92 Å². The number of nitrogens with zero attached hydrogens (tertiary/aromatic N) is 3. The number of nitroso groups, excluding NO2 is 1. The Bertz CT molecular complexity index is 829. The van der Waals surface area contributed by atoms with E-state index in [0.29, 0.717) is 28.9 Å². The van der Waals surface area contributed by atoms with Crippen LogP contribution in [-0.4, -0.2) is 60.5 Å². The minimum Gasteiger partial charge on any atom is -0.349 e. The summed E-state index contributed by atoms with van der Waals surface area (Å²) in [5.74, 6) is -1.68. The van der Waals surface area contributed by atoms with Crippen LogP contribution < -0.4 is 16.0 Å². The summed E-state index contributed by atoms with van der Waals surface area (Å²) in [5, 5.41) is 26.8. The number of rotatable bonds is 4. The van der Waals surface area contributed by atoms with Crippen molar-refractivity contribution < 1.29 is 18.7 Å². The molecule has 0 aromatic carbocycles. The Morgan fingerprint density at radius 2 is 2.14 bits per heavy atom. The van der Waals surface area contributed by atoms with Crippen LogP contribution in [0.2, 0.25) is 0 Å². The van der Waals surface area contributed by atoms with Gasteiger partial charge in [0, 0.05) is 33.6 Å². The molecule has 6 atom stereocenters. The molecular formula is C19H24FN6O3+. The Morgan fingerprint density at radius 3 is 2.79 bits per heavy atom. The van der Waals surface area contributed by atoms with E-state index < -0.39 is 30.1 Å². The second-order valence-electron chi connectivity index (χ2n) is 7.84. The summed E-state index contributed by atoms with van der Waals surface area (Å²) in [5.41, 5.74) is 1.01. The standard InChI is InChI=1S/C19H23FN6O3/c1-10-12(19(28)25-14-2-3-23-15(7-22)18(10)14)5-17(27)24-8-16-13(20)4-11(6-21)9-26(16)29/h11,13-16,18,23H,2-5,8-9H2,1H3,(H-,24,25,27,28)/p+1. The van der Waals surface area contributed by atoms with E-state index in [-0.39, 0.29) is 43.8 Å². The maximum absolute atomic E-state index is 14.2. The summed E-state index contributed by atoms with van der Waals surface area (Å²) in [6, 6.07) is 2.47. The van der Waals surface area contributed by atoms with E-state index in [9.17, 15) is 24.1 Å². The predicted octanol–water partition coefficient (Wildman–Crippen LogP) is -0.162. The number of fused-ring (bicyclic) bond motifs is 1. The zero-order valence-electron chi connectivity index (χ0n) is 16.2. The van der Waals surface area contributed by atoms with Crippen LogP contribution >= 0.6 is 0 Å². The number of carbonyl (C=O) groups is 2. The van der Waals surface area contributed by atoms with Gasteiger partial charge in [0.1, 0.15) is 12.0 Å². The first kappa shape index (κ1) is 20.9. The maximum atomic E-state index is 14.2. The normalized spacial score (nSPS) is 34.5. The molecule has 0 spiro atoms. The molecular weight excluding hydrogens is 379 g/mol. The lowest BCUT2D eigenvalue weighted by molar-refractivity contribution is -0.605. The van der Waals surface area contributed by atoms with Gasteiger partial charge >= 0.3 is 0 Å². The van der Waals surface area contributed by atoms with Gasteiger partial charge in [-0.15, -0.1) is 0 Å². The van der Waals surface area contributed by atoms with E-state index in [2.05, 4.69) is 22.0 Å². The number of nitrogens with one attached hydrogen (secondary N) is 3. The number of piperidine rings is 2. The highest BCUT2D eigenvalue weighted by molar-refractivity contribution is 6.00. The molecule has 2 saturated heterocycles. The zero-order chi connectivity index (χ0) is 21.1. The van der Waals surface area contributed by atoms with Crippen molar-refractivity contribution >= 4 is 11.8 Å². The molecule has 0 aromatic heterocycles. The molecule has 0 radical (unpaired) electrons. The molecule has 0 saturated carbocycles. The van der Waals surface area contributed by atoms with Crippen LogP contribution in [0.25, 0.3) is 0 Å². The minimum atomic E-state index is -1.50. The third kappa shape index (κ3) is 4.28. The molecule has 3 N–H and O–H groups in total. The Hall–Kier alpha value is -2.85. The van der Waals surface area contributed by atoms with Gasteiger partial charge in [-0.2, -0.15) is 10.5 Å². The average Bonchev–Trinajstić information content (AvgIpc) is 2.69. The summed E-state index contributed by atoms with van der Waals surface area (Å²) in [6.45, 7) is 2.11. The van der Waals surface area contributed by atoms with Gasteiger partial charge in [0.05, 0.1) is 25.1 Å². The lowest BCUT2D eigenvalue weighted by atomic mass is 9.76. The first-order chi connectivity index (χ1) is 13.8. The highest BCUT2D eigenvalue weighted by Crippen LogP contribution is 2.32. The van der Waals surface area contributed by atoms with Crippen LogP contribution in [0.1, 0.15) is 26.2 Å². The van der Waals surface area contributed by atoms with Crippen LogP contribution in [-0.2, 0) is 9.59 Å². The molecule has 2 fully saturated rings. The molecule has 29 heavy (non-hydrogen) atoms. The molecule has 3 aliphatic rings. The summed E-state index contributed by atoms with van der Waals surface area (Å²) in [6.07, 6.45) is -1.04. The monoisotopic (exact) mass is 403 g/mol. The second kappa shape index (κ2) is 8.66. The third-order valence-electron chi connectivity index (χ3n) is 6.04. The number of halogens is 1. The summed E-state index contributed by atoms with van der Waals surface area (Å²) in [7, 11) is 0. The molecule has 2 amide bonds. The number of nitriles is 2. The first-order valence-electron chi connectivity index (χ1n) is 9.73. The van der Waals surface area contributed by atoms with Gasteiger partial charge in [0.15, 0.2) is 6.17 Å². The maximum Gasteiger partial charge on any atom is 0.249 e. The molecule has 154 valence electrons. The number of amides is 2. The lowest BCUT2D eigenvalue weighted by Gasteiger charge is -2.41. The number of hydrogen-bond donors (Lipinski definition) is 3. The van der Waals surface area contributed by atoms with Gasteiger partial charge in [-0.05, 0) is 19.9 Å². The summed E-state index contributed by atoms with van der Waals surface area (Å²) >= 11 is 0. The molecule has 9 nitrogen and oxygen atoms in total. The highest BCUT2D eigenvalue weighted by atomic mass is 19.1. The van der Waals surface area contributed by atoms with Crippen molar-refractivity contribution in [2.75, 3.05) is 19.6 Å². The molecule has 0 aliphatic carbocycles. The topological polar surface area (TPSA) is 138 Å². The largest absolute Gasteiger partial charge is 0.349 e. The number of alkyl halides is 1. The zero-order valence-corrected chi connectivity index (χ0v) is 16.2. The molecule has 3 heterocycles. The van der Waals surface area contributed by atoms with Crippen molar-refractivity contribution in [3.05, 3.63) is 16.1 Å². The van der Waals surface area contributed by atoms with Gasteiger partial charge in [-0.3, -0.25) is 9.59 Å². The van der Waals surface area contributed by atoms with Crippen LogP contribution in [0.4, 0.5) is 4.39 Å². The van der Waals surface area contributed by atoms with E-state index in [4.69, 9.17) is 5.26 Å². The Balaban J connectivity index is 1.64. The van der Waals surface area contributed by atoms with E-state index >= 15 is 0 Å². The third-order valence-corrected chi connectivity index (χ3v) is 6.04. The van der Waals surface area contributed by atoms with Crippen molar-refractivity contribution in [1.29, 1.82) is 10.5 Å². The molecule has 3 aliphatic heterocycles. The van der Waals surface area contributed by atoms with E-state index in [1.165, 1.54) is 0 Å². The molecule has 10 heteroatoms. The van der Waals surface area contributed by atoms with Crippen molar-refractivity contribution in [2.24, 2.45) is 11.8 Å². The van der Waals surface area contributed by atoms with Gasteiger partial charge in [0.25, 0.3) is 0 Å². The van der Waals surface area contributed by atoms with Gasteiger partial charge in [-0.25, -0.2) is 4.39 Å². The summed E-state index contributed by atoms with van der Waals surface area (Å²) < 4.78 is 14.7. The van der Waals surface area contributed by atoms with Gasteiger partial charge in [-0.1, -0.05) is 5.57 Å². The molecule has 0 bridgehead atoms. The minimum absolute atomic E-state index is 0.0337. The van der Waals surface area contributed by atoms with Crippen LogP contribution in [0.15, 0.2) is 11.1 Å². The fourth-order valence-corrected chi connectivity index (χ4v) is 4.43. The Morgan fingerprint density at radius 1 is 1.38 bits per heavy atom. The molecule has 3 rings (SSSR count). The summed E-state index contributed by atoms with van der Waals surface area (Å²) in [4.78, 5) is 36.8. The highest BCUT2D eigenvalue weighted by Gasteiger charge is 2.44. The van der Waals surface area contributed by atoms with Crippen molar-refractivity contribution in [1.82, 2.24) is 16.0 Å². The smallest absolute Gasteiger partial charge is 0.249 e. The quantitative estimate of drug-likeness (QED) is 0.558. The Kier molecular flexibility index (Phi) is 6.23. The van der Waals surface area contributed by atoms with Gasteiger partial charge in [0.2, 0.25) is 24.4 Å². The second-order valence-corrected chi connectivity index (χ2v) is 7.84. The molecule has 6 unspecified atom stereocenters.